The Balaban J connectivity index is 1.39. The van der Waals surface area contributed by atoms with Gasteiger partial charge in [-0.15, -0.1) is 6.58 Å². The molecule has 1 fully saturated rings. The lowest BCUT2D eigenvalue weighted by molar-refractivity contribution is -0.113. The van der Waals surface area contributed by atoms with Crippen LogP contribution in [0.15, 0.2) is 82.7 Å². The van der Waals surface area contributed by atoms with E-state index in [0.717, 1.165) is 38.7 Å². The summed E-state index contributed by atoms with van der Waals surface area (Å²) in [6.45, 7) is 4.42. The summed E-state index contributed by atoms with van der Waals surface area (Å²) in [7, 11) is 0. The van der Waals surface area contributed by atoms with Crippen molar-refractivity contribution in [1.82, 2.24) is 0 Å². The van der Waals surface area contributed by atoms with Gasteiger partial charge < -0.3 is 14.2 Å². The second kappa shape index (κ2) is 10.0. The molecule has 2 aliphatic rings. The predicted octanol–water partition coefficient (Wildman–Crippen LogP) is 6.73. The summed E-state index contributed by atoms with van der Waals surface area (Å²) in [4.78, 5) is 27.1. The lowest BCUT2D eigenvalue weighted by atomic mass is 10.1. The monoisotopic (exact) mass is 549 g/mol. The molecule has 0 unspecified atom stereocenters. The normalized spacial score (nSPS) is 15.7. The average molecular weight is 550 g/mol. The second-order valence-corrected chi connectivity index (χ2v) is 9.66. The molecule has 3 aromatic carbocycles. The van der Waals surface area contributed by atoms with Crippen molar-refractivity contribution in [2.75, 3.05) is 11.7 Å². The lowest BCUT2D eigenvalue weighted by Gasteiger charge is -2.14. The van der Waals surface area contributed by atoms with Gasteiger partial charge in [-0.3, -0.25) is 9.59 Å². The maximum absolute atomic E-state index is 13.0. The molecule has 2 heterocycles. The van der Waals surface area contributed by atoms with Crippen molar-refractivity contribution in [2.45, 2.75) is 13.0 Å². The summed E-state index contributed by atoms with van der Waals surface area (Å²) in [5, 5.41) is -0.318. The summed E-state index contributed by atoms with van der Waals surface area (Å²) in [5.41, 5.74) is 3.19. The highest BCUT2D eigenvalue weighted by molar-refractivity contribution is 9.10. The van der Waals surface area contributed by atoms with Gasteiger partial charge in [-0.05, 0) is 93.3 Å². The van der Waals surface area contributed by atoms with Gasteiger partial charge in [0.2, 0.25) is 6.79 Å². The third-order valence-corrected chi connectivity index (χ3v) is 6.89. The third-order valence-electron chi connectivity index (χ3n) is 5.43. The highest BCUT2D eigenvalue weighted by Gasteiger charge is 2.36. The molecule has 0 aromatic heterocycles. The van der Waals surface area contributed by atoms with Gasteiger partial charge in [0, 0.05) is 0 Å². The number of anilines is 1. The molecule has 8 heteroatoms. The van der Waals surface area contributed by atoms with Crippen molar-refractivity contribution in [3.05, 3.63) is 99.4 Å². The van der Waals surface area contributed by atoms with Crippen LogP contribution in [0.3, 0.4) is 0 Å². The number of rotatable bonds is 7. The first-order valence-electron chi connectivity index (χ1n) is 10.8. The Labute approximate surface area is 215 Å². The van der Waals surface area contributed by atoms with Gasteiger partial charge in [0.1, 0.15) is 12.4 Å². The standard InChI is InChI=1S/C27H20BrNO5S/c1-2-6-19-11-18(14-24-26(30)29(27(31)35-24)20-7-4-3-5-8-20)12-21(28)25(19)32-15-17-9-10-22-23(13-17)34-16-33-22/h2-5,7-14H,1,6,15-16H2/b24-14-. The first kappa shape index (κ1) is 23.3. The number of para-hydroxylation sites is 1. The van der Waals surface area contributed by atoms with E-state index in [4.69, 9.17) is 14.2 Å². The highest BCUT2D eigenvalue weighted by Crippen LogP contribution is 2.38. The summed E-state index contributed by atoms with van der Waals surface area (Å²) < 4.78 is 17.7. The molecule has 2 amide bonds. The minimum atomic E-state index is -0.337. The molecule has 6 nitrogen and oxygen atoms in total. The maximum atomic E-state index is 13.0. The van der Waals surface area contributed by atoms with E-state index in [0.29, 0.717) is 35.1 Å². The van der Waals surface area contributed by atoms with Crippen LogP contribution in [0.2, 0.25) is 0 Å². The van der Waals surface area contributed by atoms with E-state index in [1.54, 1.807) is 36.4 Å². The SMILES string of the molecule is C=CCc1cc(/C=C2\SC(=O)N(c3ccccc3)C2=O)cc(Br)c1OCc1ccc2c(c1)OCO2. The number of hydrogen-bond acceptors (Lipinski definition) is 6. The number of allylic oxidation sites excluding steroid dienone is 1. The molecule has 0 atom stereocenters. The van der Waals surface area contributed by atoms with Gasteiger partial charge >= 0.3 is 0 Å². The Morgan fingerprint density at radius 3 is 2.66 bits per heavy atom. The Bertz CT molecular complexity index is 1360. The van der Waals surface area contributed by atoms with Crippen LogP contribution < -0.4 is 19.1 Å². The van der Waals surface area contributed by atoms with Crippen LogP contribution in [0.4, 0.5) is 10.5 Å². The number of benzene rings is 3. The fourth-order valence-corrected chi connectivity index (χ4v) is 5.31. The van der Waals surface area contributed by atoms with Crippen LogP contribution in [0, 0.1) is 0 Å². The number of carbonyl (C=O) groups is 2. The number of imide groups is 1. The van der Waals surface area contributed by atoms with Crippen molar-refractivity contribution in [1.29, 1.82) is 0 Å². The number of carbonyl (C=O) groups excluding carboxylic acids is 2. The van der Waals surface area contributed by atoms with Crippen LogP contribution in [-0.2, 0) is 17.8 Å². The highest BCUT2D eigenvalue weighted by atomic mass is 79.9. The first-order valence-corrected chi connectivity index (χ1v) is 12.4. The van der Waals surface area contributed by atoms with E-state index in [-0.39, 0.29) is 17.9 Å². The molecular formula is C27H20BrNO5S. The second-order valence-electron chi connectivity index (χ2n) is 7.81. The number of thioether (sulfide) groups is 1. The van der Waals surface area contributed by atoms with Gasteiger partial charge in [-0.1, -0.05) is 30.3 Å². The molecule has 1 saturated heterocycles. The van der Waals surface area contributed by atoms with Crippen LogP contribution >= 0.6 is 27.7 Å². The third kappa shape index (κ3) is 4.85. The molecule has 0 spiro atoms. The largest absolute Gasteiger partial charge is 0.487 e. The molecule has 176 valence electrons. The van der Waals surface area contributed by atoms with Crippen molar-refractivity contribution >= 4 is 50.6 Å². The van der Waals surface area contributed by atoms with E-state index in [9.17, 15) is 9.59 Å². The van der Waals surface area contributed by atoms with E-state index < -0.39 is 0 Å². The smallest absolute Gasteiger partial charge is 0.298 e. The molecule has 0 N–H and O–H groups in total. The molecule has 35 heavy (non-hydrogen) atoms. The van der Waals surface area contributed by atoms with Gasteiger partial charge in [-0.2, -0.15) is 0 Å². The minimum Gasteiger partial charge on any atom is -0.487 e. The number of nitrogens with zero attached hydrogens (tertiary/aromatic N) is 1. The molecule has 0 radical (unpaired) electrons. The van der Waals surface area contributed by atoms with Gasteiger partial charge in [-0.25, -0.2) is 4.90 Å². The fraction of sp³-hybridized carbons (Fsp3) is 0.111. The zero-order valence-electron chi connectivity index (χ0n) is 18.5. The van der Waals surface area contributed by atoms with Crippen molar-refractivity contribution in [2.24, 2.45) is 0 Å². The summed E-state index contributed by atoms with van der Waals surface area (Å²) in [6.07, 6.45) is 4.09. The Hall–Kier alpha value is -3.49. The Kier molecular flexibility index (Phi) is 6.66. The zero-order valence-corrected chi connectivity index (χ0v) is 20.9. The Morgan fingerprint density at radius 1 is 1.06 bits per heavy atom. The van der Waals surface area contributed by atoms with E-state index in [1.807, 2.05) is 36.4 Å². The van der Waals surface area contributed by atoms with Crippen molar-refractivity contribution < 1.29 is 23.8 Å². The van der Waals surface area contributed by atoms with E-state index in [2.05, 4.69) is 22.5 Å². The topological polar surface area (TPSA) is 65.1 Å². The van der Waals surface area contributed by atoms with E-state index in [1.165, 1.54) is 4.90 Å². The lowest BCUT2D eigenvalue weighted by Crippen LogP contribution is -2.27. The van der Waals surface area contributed by atoms with Crippen LogP contribution in [0.1, 0.15) is 16.7 Å². The van der Waals surface area contributed by atoms with Crippen molar-refractivity contribution in [3.8, 4) is 17.2 Å². The van der Waals surface area contributed by atoms with Gasteiger partial charge in [0.25, 0.3) is 11.1 Å². The van der Waals surface area contributed by atoms with Gasteiger partial charge in [0.15, 0.2) is 11.5 Å². The molecule has 0 bridgehead atoms. The van der Waals surface area contributed by atoms with E-state index >= 15 is 0 Å². The predicted molar refractivity (Wildman–Crippen MR) is 140 cm³/mol. The Morgan fingerprint density at radius 2 is 1.86 bits per heavy atom. The van der Waals surface area contributed by atoms with Crippen LogP contribution in [0.5, 0.6) is 17.2 Å². The summed E-state index contributed by atoms with van der Waals surface area (Å²) >= 11 is 4.54. The minimum absolute atomic E-state index is 0.223. The number of fused-ring (bicyclic) bond motifs is 1. The first-order chi connectivity index (χ1) is 17.0. The molecule has 3 aromatic rings. The van der Waals surface area contributed by atoms with Crippen LogP contribution in [-0.4, -0.2) is 17.9 Å². The summed E-state index contributed by atoms with van der Waals surface area (Å²) in [6, 6.07) is 18.4. The van der Waals surface area contributed by atoms with Crippen molar-refractivity contribution in [3.63, 3.8) is 0 Å². The van der Waals surface area contributed by atoms with Gasteiger partial charge in [0.05, 0.1) is 15.1 Å². The molecule has 0 aliphatic carbocycles. The molecule has 0 saturated carbocycles. The average Bonchev–Trinajstić information content (AvgIpc) is 3.42. The summed E-state index contributed by atoms with van der Waals surface area (Å²) in [5.74, 6) is 1.78. The van der Waals surface area contributed by atoms with Crippen LogP contribution in [0.25, 0.3) is 6.08 Å². The zero-order chi connectivity index (χ0) is 24.4. The molecular weight excluding hydrogens is 530 g/mol. The number of hydrogen-bond donors (Lipinski definition) is 0. The maximum Gasteiger partial charge on any atom is 0.298 e. The molecule has 2 aliphatic heterocycles. The number of ether oxygens (including phenoxy) is 3. The number of amides is 2. The quantitative estimate of drug-likeness (QED) is 0.240. The molecule has 5 rings (SSSR count). The number of halogens is 1. The fourth-order valence-electron chi connectivity index (χ4n) is 3.83.